The van der Waals surface area contributed by atoms with E-state index >= 15 is 0 Å². The molecule has 9 N–H and O–H groups in total. The van der Waals surface area contributed by atoms with Crippen molar-refractivity contribution < 1.29 is 90.6 Å². The zero-order valence-corrected chi connectivity index (χ0v) is 60.5. The Morgan fingerprint density at radius 2 is 1.48 bits per heavy atom. The number of methoxy groups -OCH3 is 1. The highest BCUT2D eigenvalue weighted by molar-refractivity contribution is 6.19. The number of Topliss-reactive ketones (excluding diaryl/α,β-unsaturated/α-hetero) is 1. The van der Waals surface area contributed by atoms with E-state index in [9.17, 15) is 52.7 Å². The van der Waals surface area contributed by atoms with E-state index in [0.717, 1.165) is 33.6 Å². The summed E-state index contributed by atoms with van der Waals surface area (Å²) in [4.78, 5) is 156. The lowest BCUT2D eigenvalue weighted by Gasteiger charge is -2.26. The second kappa shape index (κ2) is 40.6. The predicted molar refractivity (Wildman–Crippen MR) is 386 cm³/mol. The molecule has 2 aliphatic heterocycles. The van der Waals surface area contributed by atoms with Gasteiger partial charge in [0.15, 0.2) is 11.5 Å². The highest BCUT2D eigenvalue weighted by Gasteiger charge is 2.37. The maximum absolute atomic E-state index is 14.8. The molecule has 3 atom stereocenters. The third-order valence-corrected chi connectivity index (χ3v) is 17.5. The van der Waals surface area contributed by atoms with Crippen molar-refractivity contribution in [2.45, 2.75) is 78.0 Å². The first-order chi connectivity index (χ1) is 51.0. The second-order valence-corrected chi connectivity index (χ2v) is 25.5. The number of aromatic amines is 1. The van der Waals surface area contributed by atoms with Crippen LogP contribution in [0.1, 0.15) is 89.5 Å². The van der Waals surface area contributed by atoms with E-state index in [0.29, 0.717) is 91.8 Å². The van der Waals surface area contributed by atoms with E-state index in [1.54, 1.807) is 74.4 Å². The normalized spacial score (nSPS) is 13.7. The smallest absolute Gasteiger partial charge is 0.415 e. The summed E-state index contributed by atoms with van der Waals surface area (Å²) in [5.41, 5.74) is 14.6. The fraction of sp³-hybridized carbons (Fsp3) is 0.465. The highest BCUT2D eigenvalue weighted by Crippen LogP contribution is 2.47. The number of benzene rings is 3. The van der Waals surface area contributed by atoms with Crippen LogP contribution in [-0.4, -0.2) is 237 Å². The molecule has 2 aliphatic rings. The van der Waals surface area contributed by atoms with Crippen molar-refractivity contribution in [2.24, 2.45) is 23.3 Å². The molecule has 0 radical (unpaired) electrons. The first-order valence-corrected chi connectivity index (χ1v) is 35.0. The number of carbonyl (C=O) groups is 11. The Balaban J connectivity index is 0.849. The lowest BCUT2D eigenvalue weighted by molar-refractivity contribution is -0.137. The molecule has 34 nitrogen and oxygen atoms in total. The molecular formula is C71H90ClN15O19. The van der Waals surface area contributed by atoms with Crippen LogP contribution in [0.5, 0.6) is 5.75 Å². The number of urea groups is 1. The molecule has 0 unspecified atom stereocenters. The van der Waals surface area contributed by atoms with Gasteiger partial charge in [-0.25, -0.2) is 28.8 Å². The molecule has 0 bridgehead atoms. The van der Waals surface area contributed by atoms with Crippen LogP contribution in [0.4, 0.5) is 36.2 Å². The topological polar surface area (TPSA) is 434 Å². The molecule has 570 valence electrons. The number of alkyl halides is 1. The molecule has 0 saturated carbocycles. The quantitative estimate of drug-likeness (QED) is 0.0140. The van der Waals surface area contributed by atoms with Crippen LogP contribution in [-0.2, 0) is 70.3 Å². The van der Waals surface area contributed by atoms with Gasteiger partial charge in [0.25, 0.3) is 23.6 Å². The van der Waals surface area contributed by atoms with Gasteiger partial charge in [-0.05, 0) is 78.4 Å². The summed E-state index contributed by atoms with van der Waals surface area (Å²) in [6.07, 6.45) is 3.01. The van der Waals surface area contributed by atoms with E-state index in [1.807, 2.05) is 19.1 Å². The van der Waals surface area contributed by atoms with Crippen LogP contribution in [0.25, 0.3) is 21.8 Å². The maximum atomic E-state index is 14.8. The SMILES string of the molecule is COCCOCCOCCOCCn1cc(C(=O)Nc2cnc3[nH]c(C(=O)N4C[C@@H](CCl)c5c4cc(OC(=O)N(CCCC(N)=O)CCN(C)C(=O)OCc4ccc(NC(=O)[C@H](CCCNC(N)=O)CC(=O)[C@@H](NC(=O)OCCOCCN6C(=O)C=CC6=O)C(C)C)cc4)c4cccc(C)c54)cc3c2)nn1. The molecule has 6 aromatic rings. The van der Waals surface area contributed by atoms with E-state index in [-0.39, 0.29) is 127 Å². The molecule has 0 aliphatic carbocycles. The molecule has 5 heterocycles. The van der Waals surface area contributed by atoms with Crippen LogP contribution >= 0.6 is 11.6 Å². The minimum absolute atomic E-state index is 0.00190. The highest BCUT2D eigenvalue weighted by atomic mass is 35.5. The van der Waals surface area contributed by atoms with Crippen molar-refractivity contribution in [2.75, 3.05) is 141 Å². The van der Waals surface area contributed by atoms with Gasteiger partial charge in [-0.3, -0.25) is 38.5 Å². The molecule has 3 aromatic carbocycles. The number of hydrogen-bond acceptors (Lipinski definition) is 22. The summed E-state index contributed by atoms with van der Waals surface area (Å²) < 4.78 is 45.4. The summed E-state index contributed by atoms with van der Waals surface area (Å²) in [5, 5.41) is 20.5. The number of hydrogen-bond donors (Lipinski definition) is 7. The third kappa shape index (κ3) is 23.7. The number of likely N-dealkylation sites (N-methyl/N-ethyl adjacent to an activating group) is 1. The average Bonchev–Trinajstić information content (AvgIpc) is 1.54. The number of nitrogens with one attached hydrogen (secondary N) is 5. The van der Waals surface area contributed by atoms with Crippen molar-refractivity contribution in [1.29, 1.82) is 0 Å². The summed E-state index contributed by atoms with van der Waals surface area (Å²) >= 11 is 6.69. The number of halogens is 1. The van der Waals surface area contributed by atoms with Crippen LogP contribution in [0, 0.1) is 18.8 Å². The monoisotopic (exact) mass is 1490 g/mol. The van der Waals surface area contributed by atoms with E-state index in [2.05, 4.69) is 41.5 Å². The number of H-pyrrole nitrogens is 1. The molecule has 106 heavy (non-hydrogen) atoms. The number of rotatable bonds is 43. The van der Waals surface area contributed by atoms with Gasteiger partial charge in [0.2, 0.25) is 11.8 Å². The Hall–Kier alpha value is -10.7. The number of nitrogens with zero attached hydrogens (tertiary/aromatic N) is 8. The number of fused-ring (bicyclic) bond motifs is 4. The summed E-state index contributed by atoms with van der Waals surface area (Å²) in [7, 11) is 3.08. The van der Waals surface area contributed by atoms with Crippen LogP contribution in [0.3, 0.4) is 0 Å². The third-order valence-electron chi connectivity index (χ3n) is 17.1. The lowest BCUT2D eigenvalue weighted by atomic mass is 9.89. The van der Waals surface area contributed by atoms with E-state index in [1.165, 1.54) is 33.9 Å². The first kappa shape index (κ1) is 81.0. The molecule has 3 aromatic heterocycles. The zero-order valence-electron chi connectivity index (χ0n) is 59.7. The number of primary amides is 2. The van der Waals surface area contributed by atoms with Crippen molar-refractivity contribution in [3.05, 3.63) is 113 Å². The summed E-state index contributed by atoms with van der Waals surface area (Å²) in [5.74, 6) is -4.86. The summed E-state index contributed by atoms with van der Waals surface area (Å²) in [6.45, 7) is 8.36. The molecule has 0 spiro atoms. The van der Waals surface area contributed by atoms with Crippen LogP contribution in [0.15, 0.2) is 85.2 Å². The first-order valence-electron chi connectivity index (χ1n) is 34.5. The number of carbonyl (C=O) groups excluding carboxylic acids is 11. The Morgan fingerprint density at radius 3 is 2.17 bits per heavy atom. The molecule has 35 heteroatoms. The van der Waals surface area contributed by atoms with Crippen LogP contribution < -0.4 is 42.4 Å². The number of anilines is 3. The number of aryl methyl sites for hydroxylation is 1. The number of nitrogens with two attached hydrogens (primary N) is 2. The van der Waals surface area contributed by atoms with E-state index < -0.39 is 83.4 Å². The Bertz CT molecular complexity index is 4090. The molecule has 8 rings (SSSR count). The molecule has 11 amide bonds. The molecule has 0 fully saturated rings. The minimum Gasteiger partial charge on any atom is -0.447 e. The number of aromatic nitrogens is 5. The largest absolute Gasteiger partial charge is 0.447 e. The van der Waals surface area contributed by atoms with Crippen molar-refractivity contribution in [3.63, 3.8) is 0 Å². The van der Waals surface area contributed by atoms with E-state index in [4.69, 9.17) is 61.0 Å². The van der Waals surface area contributed by atoms with Gasteiger partial charge in [0, 0.05) is 112 Å². The Labute approximate surface area is 615 Å². The number of amides is 11. The molecular weight excluding hydrogens is 1400 g/mol. The van der Waals surface area contributed by atoms with Gasteiger partial charge in [-0.2, -0.15) is 0 Å². The van der Waals surface area contributed by atoms with Gasteiger partial charge in [0.1, 0.15) is 30.3 Å². The van der Waals surface area contributed by atoms with Gasteiger partial charge in [-0.1, -0.05) is 49.4 Å². The number of pyridine rings is 1. The van der Waals surface area contributed by atoms with Crippen molar-refractivity contribution >= 4 is 116 Å². The number of imide groups is 1. The fourth-order valence-electron chi connectivity index (χ4n) is 11.6. The fourth-order valence-corrected chi connectivity index (χ4v) is 11.8. The lowest BCUT2D eigenvalue weighted by Crippen LogP contribution is -2.46. The van der Waals surface area contributed by atoms with Crippen LogP contribution in [0.2, 0.25) is 0 Å². The van der Waals surface area contributed by atoms with Crippen molar-refractivity contribution in [1.82, 2.24) is 50.3 Å². The maximum Gasteiger partial charge on any atom is 0.415 e. The number of ether oxygens (including phenoxy) is 8. The predicted octanol–water partition coefficient (Wildman–Crippen LogP) is 5.54. The minimum atomic E-state index is -1.05. The van der Waals surface area contributed by atoms with Crippen molar-refractivity contribution in [3.8, 4) is 5.75 Å². The van der Waals surface area contributed by atoms with Gasteiger partial charge < -0.3 is 90.3 Å². The molecule has 0 saturated heterocycles. The number of alkyl carbamates (subject to hydrolysis) is 1. The van der Waals surface area contributed by atoms with Gasteiger partial charge in [0.05, 0.1) is 102 Å². The van der Waals surface area contributed by atoms with Gasteiger partial charge >= 0.3 is 24.3 Å². The number of ketones is 1. The average molecular weight is 1490 g/mol. The van der Waals surface area contributed by atoms with Gasteiger partial charge in [-0.15, -0.1) is 16.7 Å². The Morgan fingerprint density at radius 1 is 0.783 bits per heavy atom. The standard InChI is InChI=1S/C71H90ClN15O19/c1-44(2)63(80-69(96)104-34-33-101-26-24-86-59(90)17-18-60(86)91)56(88)37-47(10-7-19-75-68(74)95)65(92)77-50-15-13-46(14-16-50)43-105-70(97)83(4)21-22-84(20-8-12-58(73)89)71(98)106-57-38-55-62(61-45(3)9-6-11-52(57)61)49(39-72)41-87(55)67(94)53-36-48-35-51(40-76-64(48)79-53)78-66(93)54-42-85(82-81-54)23-25-100-29-30-103-32-31-102-28-27-99-5/h6,9,11,13-18,35-36,38,40,42,44,47,49,63H,7-8,10,12,19-34,37,39,41,43H2,1-5H3,(H2,73,89)(H,76,79)(H,77,92)(H,78,93)(H,80,96)(H3,74,75,95)/t47-,49-,63+/m1/s1. The second-order valence-electron chi connectivity index (χ2n) is 25.2. The Kier molecular flexibility index (Phi) is 31.0. The zero-order chi connectivity index (χ0) is 76.2. The summed E-state index contributed by atoms with van der Waals surface area (Å²) in [6, 6.07) is 15.0.